The lowest BCUT2D eigenvalue weighted by atomic mass is 10.1. The molecule has 1 rings (SSSR count). The van der Waals surface area contributed by atoms with Crippen molar-refractivity contribution in [2.75, 3.05) is 20.7 Å². The van der Waals surface area contributed by atoms with Crippen LogP contribution >= 0.6 is 0 Å². The largest absolute Gasteiger partial charge is 0.495 e. The molecule has 0 amide bonds. The fraction of sp³-hybridized carbons (Fsp3) is 0.600. The lowest BCUT2D eigenvalue weighted by Gasteiger charge is -2.12. The second-order valence-electron chi connectivity index (χ2n) is 5.45. The van der Waals surface area contributed by atoms with Crippen molar-refractivity contribution in [3.05, 3.63) is 23.8 Å². The normalized spacial score (nSPS) is 11.9. The molecular formula is C15H26N2O3S. The molecule has 0 aliphatic rings. The minimum absolute atomic E-state index is 0.189. The van der Waals surface area contributed by atoms with Crippen molar-refractivity contribution in [1.29, 1.82) is 0 Å². The van der Waals surface area contributed by atoms with Crippen molar-refractivity contribution in [2.45, 2.75) is 38.1 Å². The van der Waals surface area contributed by atoms with Crippen LogP contribution in [0.1, 0.15) is 32.3 Å². The summed E-state index contributed by atoms with van der Waals surface area (Å²) in [4.78, 5) is 0.189. The number of ether oxygens (including phenoxy) is 1. The Morgan fingerprint density at radius 1 is 1.29 bits per heavy atom. The van der Waals surface area contributed by atoms with Crippen LogP contribution in [0.2, 0.25) is 0 Å². The van der Waals surface area contributed by atoms with Gasteiger partial charge in [0.2, 0.25) is 10.0 Å². The number of benzene rings is 1. The van der Waals surface area contributed by atoms with Gasteiger partial charge in [-0.05, 0) is 43.5 Å². The van der Waals surface area contributed by atoms with E-state index in [-0.39, 0.29) is 4.90 Å². The molecule has 1 aromatic rings. The molecule has 5 nitrogen and oxygen atoms in total. The molecule has 0 aromatic heterocycles. The summed E-state index contributed by atoms with van der Waals surface area (Å²) in [6, 6.07) is 5.14. The van der Waals surface area contributed by atoms with Crippen LogP contribution in [-0.2, 0) is 16.6 Å². The number of nitrogens with one attached hydrogen (secondary N) is 2. The van der Waals surface area contributed by atoms with Crippen LogP contribution < -0.4 is 14.8 Å². The van der Waals surface area contributed by atoms with Crippen molar-refractivity contribution < 1.29 is 13.2 Å². The Bertz CT molecular complexity index is 542. The van der Waals surface area contributed by atoms with E-state index in [2.05, 4.69) is 23.9 Å². The van der Waals surface area contributed by atoms with E-state index in [1.54, 1.807) is 18.2 Å². The van der Waals surface area contributed by atoms with Gasteiger partial charge in [-0.3, -0.25) is 0 Å². The van der Waals surface area contributed by atoms with E-state index in [1.165, 1.54) is 7.11 Å². The highest BCUT2D eigenvalue weighted by Gasteiger charge is 2.19. The number of hydrogen-bond donors (Lipinski definition) is 2. The fourth-order valence-electron chi connectivity index (χ4n) is 2.04. The molecular weight excluding hydrogens is 288 g/mol. The second-order valence-corrected chi connectivity index (χ2v) is 7.18. The Labute approximate surface area is 128 Å². The smallest absolute Gasteiger partial charge is 0.244 e. The van der Waals surface area contributed by atoms with Gasteiger partial charge >= 0.3 is 0 Å². The van der Waals surface area contributed by atoms with Gasteiger partial charge in [0.05, 0.1) is 7.11 Å². The predicted octanol–water partition coefficient (Wildman–Crippen LogP) is 2.13. The second kappa shape index (κ2) is 8.36. The van der Waals surface area contributed by atoms with Crippen molar-refractivity contribution in [3.63, 3.8) is 0 Å². The Morgan fingerprint density at radius 2 is 2.00 bits per heavy atom. The van der Waals surface area contributed by atoms with Gasteiger partial charge in [0, 0.05) is 13.1 Å². The van der Waals surface area contributed by atoms with Crippen molar-refractivity contribution in [1.82, 2.24) is 10.0 Å². The molecule has 6 heteroatoms. The van der Waals surface area contributed by atoms with E-state index >= 15 is 0 Å². The van der Waals surface area contributed by atoms with Gasteiger partial charge in [0.25, 0.3) is 0 Å². The summed E-state index contributed by atoms with van der Waals surface area (Å²) in [6.45, 7) is 5.36. The zero-order chi connectivity index (χ0) is 15.9. The summed E-state index contributed by atoms with van der Waals surface area (Å²) in [5.74, 6) is 0.948. The van der Waals surface area contributed by atoms with Crippen LogP contribution in [0.4, 0.5) is 0 Å². The highest BCUT2D eigenvalue weighted by atomic mass is 32.2. The first kappa shape index (κ1) is 17.9. The maximum absolute atomic E-state index is 12.3. The Kier molecular flexibility index (Phi) is 7.14. The van der Waals surface area contributed by atoms with Gasteiger partial charge in [-0.2, -0.15) is 0 Å². The first-order valence-corrected chi connectivity index (χ1v) is 8.70. The van der Waals surface area contributed by atoms with Crippen molar-refractivity contribution in [2.24, 2.45) is 5.92 Å². The van der Waals surface area contributed by atoms with Gasteiger partial charge in [-0.15, -0.1) is 0 Å². The summed E-state index contributed by atoms with van der Waals surface area (Å²) < 4.78 is 32.5. The number of methoxy groups -OCH3 is 1. The molecule has 0 aliphatic carbocycles. The molecule has 0 saturated carbocycles. The van der Waals surface area contributed by atoms with E-state index in [4.69, 9.17) is 4.74 Å². The summed E-state index contributed by atoms with van der Waals surface area (Å²) in [6.07, 6.45) is 1.83. The molecule has 0 heterocycles. The van der Waals surface area contributed by atoms with Crippen LogP contribution in [0, 0.1) is 5.92 Å². The highest BCUT2D eigenvalue weighted by molar-refractivity contribution is 7.89. The number of sulfonamides is 1. The molecule has 1 aromatic carbocycles. The molecule has 0 saturated heterocycles. The lowest BCUT2D eigenvalue weighted by molar-refractivity contribution is 0.401. The van der Waals surface area contributed by atoms with Crippen molar-refractivity contribution >= 4 is 10.0 Å². The van der Waals surface area contributed by atoms with E-state index in [0.717, 1.165) is 18.4 Å². The average Bonchev–Trinajstić information content (AvgIpc) is 2.43. The van der Waals surface area contributed by atoms with E-state index in [9.17, 15) is 8.42 Å². The van der Waals surface area contributed by atoms with Crippen LogP contribution in [0.5, 0.6) is 5.75 Å². The number of hydrogen-bond acceptors (Lipinski definition) is 4. The summed E-state index contributed by atoms with van der Waals surface area (Å²) >= 11 is 0. The molecule has 0 spiro atoms. The zero-order valence-electron chi connectivity index (χ0n) is 13.3. The molecule has 0 atom stereocenters. The molecule has 0 fully saturated rings. The lowest BCUT2D eigenvalue weighted by Crippen LogP contribution is -2.25. The van der Waals surface area contributed by atoms with Gasteiger partial charge in [-0.25, -0.2) is 13.1 Å². The predicted molar refractivity (Wildman–Crippen MR) is 85.0 cm³/mol. The first-order valence-electron chi connectivity index (χ1n) is 7.22. The van der Waals surface area contributed by atoms with Crippen LogP contribution in [0.25, 0.3) is 0 Å². The van der Waals surface area contributed by atoms with E-state index in [1.807, 2.05) is 7.05 Å². The molecule has 0 radical (unpaired) electrons. The Hall–Kier alpha value is -1.11. The van der Waals surface area contributed by atoms with E-state index in [0.29, 0.717) is 24.8 Å². The van der Waals surface area contributed by atoms with Gasteiger partial charge in [0.15, 0.2) is 0 Å². The van der Waals surface area contributed by atoms with Gasteiger partial charge in [0.1, 0.15) is 10.6 Å². The Balaban J connectivity index is 2.82. The third kappa shape index (κ3) is 5.65. The molecule has 2 N–H and O–H groups in total. The van der Waals surface area contributed by atoms with Crippen LogP contribution in [0.15, 0.2) is 23.1 Å². The van der Waals surface area contributed by atoms with Gasteiger partial charge in [-0.1, -0.05) is 19.9 Å². The Morgan fingerprint density at radius 3 is 2.57 bits per heavy atom. The topological polar surface area (TPSA) is 67.4 Å². The monoisotopic (exact) mass is 314 g/mol. The molecule has 120 valence electrons. The summed E-state index contributed by atoms with van der Waals surface area (Å²) in [7, 11) is -0.205. The van der Waals surface area contributed by atoms with Gasteiger partial charge < -0.3 is 10.1 Å². The maximum Gasteiger partial charge on any atom is 0.244 e. The molecule has 0 aliphatic heterocycles. The number of rotatable bonds is 9. The van der Waals surface area contributed by atoms with Crippen LogP contribution in [0.3, 0.4) is 0 Å². The summed E-state index contributed by atoms with van der Waals surface area (Å²) in [5, 5.41) is 3.03. The fourth-order valence-corrected chi connectivity index (χ4v) is 3.27. The minimum Gasteiger partial charge on any atom is -0.495 e. The zero-order valence-corrected chi connectivity index (χ0v) is 14.1. The minimum atomic E-state index is -3.53. The highest BCUT2D eigenvalue weighted by Crippen LogP contribution is 2.25. The molecule has 0 bridgehead atoms. The molecule has 0 unspecified atom stereocenters. The van der Waals surface area contributed by atoms with Crippen LogP contribution in [-0.4, -0.2) is 29.1 Å². The third-order valence-electron chi connectivity index (χ3n) is 3.15. The standard InChI is InChI=1S/C15H26N2O3S/c1-12(2)6-5-9-17-21(18,19)15-8-7-13(11-16-3)10-14(15)20-4/h7-8,10,12,16-17H,5-6,9,11H2,1-4H3. The maximum atomic E-state index is 12.3. The third-order valence-corrected chi connectivity index (χ3v) is 4.65. The quantitative estimate of drug-likeness (QED) is 0.685. The van der Waals surface area contributed by atoms with Crippen molar-refractivity contribution in [3.8, 4) is 5.75 Å². The SMILES string of the molecule is CNCc1ccc(S(=O)(=O)NCCCC(C)C)c(OC)c1. The average molecular weight is 314 g/mol. The van der Waals surface area contributed by atoms with E-state index < -0.39 is 10.0 Å². The first-order chi connectivity index (χ1) is 9.90. The molecule has 21 heavy (non-hydrogen) atoms. The summed E-state index contributed by atoms with van der Waals surface area (Å²) in [5.41, 5.74) is 0.980.